The molecule has 4 aliphatic rings. The van der Waals surface area contributed by atoms with Crippen LogP contribution in [0.25, 0.3) is 0 Å². The predicted octanol–water partition coefficient (Wildman–Crippen LogP) is 7.10. The van der Waals surface area contributed by atoms with Crippen molar-refractivity contribution < 1.29 is 51.4 Å². The Morgan fingerprint density at radius 2 is 0.667 bits per heavy atom. The predicted molar refractivity (Wildman–Crippen MR) is 164 cm³/mol. The summed E-state index contributed by atoms with van der Waals surface area (Å²) < 4.78 is 25.4. The average Bonchev–Trinajstić information content (AvgIpc) is 3.06. The SMILES string of the molecule is CC(OOC1C=CCCC1)[O][Sn]([O]C(C)OOC1C=CCCC1)([O]C(C)OOC1C=CCCC1)[O]C(C)OOC1C=CCCC1. The quantitative estimate of drug-likeness (QED) is 0.0417. The van der Waals surface area contributed by atoms with Crippen molar-refractivity contribution in [3.8, 4) is 0 Å². The van der Waals surface area contributed by atoms with Gasteiger partial charge in [-0.2, -0.15) is 0 Å². The first-order valence-electron chi connectivity index (χ1n) is 16.6. The average molecular weight is 747 g/mol. The van der Waals surface area contributed by atoms with Crippen LogP contribution in [-0.2, 0) is 51.4 Å². The van der Waals surface area contributed by atoms with Crippen LogP contribution < -0.4 is 0 Å². The second-order valence-electron chi connectivity index (χ2n) is 11.6. The maximum atomic E-state index is 6.34. The van der Waals surface area contributed by atoms with Crippen LogP contribution >= 0.6 is 0 Å². The Bertz CT molecular complexity index is 796. The number of allylic oxidation sites excluding steroid dienone is 4. The Kier molecular flexibility index (Phi) is 17.0. The van der Waals surface area contributed by atoms with Crippen molar-refractivity contribution in [1.82, 2.24) is 0 Å². The second kappa shape index (κ2) is 20.6. The van der Waals surface area contributed by atoms with E-state index in [4.69, 9.17) is 51.4 Å². The molecular formula is C32H52O12Sn. The Labute approximate surface area is 273 Å². The van der Waals surface area contributed by atoms with E-state index in [1.54, 1.807) is 27.7 Å². The third kappa shape index (κ3) is 14.5. The molecule has 0 saturated carbocycles. The molecule has 0 bridgehead atoms. The summed E-state index contributed by atoms with van der Waals surface area (Å²) in [5.41, 5.74) is 0. The van der Waals surface area contributed by atoms with Gasteiger partial charge in [0.15, 0.2) is 0 Å². The normalized spacial score (nSPS) is 29.2. The van der Waals surface area contributed by atoms with Crippen molar-refractivity contribution >= 4 is 20.0 Å². The fourth-order valence-electron chi connectivity index (χ4n) is 5.10. The van der Waals surface area contributed by atoms with Crippen molar-refractivity contribution in [3.05, 3.63) is 48.6 Å². The topological polar surface area (TPSA) is 111 Å². The summed E-state index contributed by atoms with van der Waals surface area (Å²) >= 11 is -5.30. The molecule has 45 heavy (non-hydrogen) atoms. The monoisotopic (exact) mass is 748 g/mol. The van der Waals surface area contributed by atoms with Gasteiger partial charge in [-0.15, -0.1) is 0 Å². The van der Waals surface area contributed by atoms with Crippen LogP contribution in [0.15, 0.2) is 48.6 Å². The van der Waals surface area contributed by atoms with E-state index in [-0.39, 0.29) is 24.4 Å². The van der Waals surface area contributed by atoms with Crippen LogP contribution in [0.5, 0.6) is 0 Å². The summed E-state index contributed by atoms with van der Waals surface area (Å²) in [7, 11) is 0. The molecule has 256 valence electrons. The third-order valence-electron chi connectivity index (χ3n) is 7.34. The van der Waals surface area contributed by atoms with Gasteiger partial charge < -0.3 is 0 Å². The first-order valence-corrected chi connectivity index (χ1v) is 21.2. The van der Waals surface area contributed by atoms with E-state index in [9.17, 15) is 0 Å². The van der Waals surface area contributed by atoms with E-state index in [0.717, 1.165) is 77.0 Å². The van der Waals surface area contributed by atoms with Crippen molar-refractivity contribution in [2.75, 3.05) is 0 Å². The molecule has 12 nitrogen and oxygen atoms in total. The molecule has 0 aromatic heterocycles. The fourth-order valence-corrected chi connectivity index (χ4v) is 11.1. The minimum atomic E-state index is -5.30. The van der Waals surface area contributed by atoms with Gasteiger partial charge in [0, 0.05) is 0 Å². The number of rotatable bonds is 20. The molecule has 13 heteroatoms. The van der Waals surface area contributed by atoms with Gasteiger partial charge in [-0.25, -0.2) is 0 Å². The van der Waals surface area contributed by atoms with E-state index in [2.05, 4.69) is 24.3 Å². The standard InChI is InChI=1S/4C8H13O3.Sn/c4*1-7(9)10-11-8-5-3-2-4-6-8;/h4*3,5,7-8H,2,4,6H2,1H3;/q4*-1;+4. The van der Waals surface area contributed by atoms with E-state index >= 15 is 0 Å². The van der Waals surface area contributed by atoms with E-state index in [0.29, 0.717) is 0 Å². The summed E-state index contributed by atoms with van der Waals surface area (Å²) in [5.74, 6) is 0. The van der Waals surface area contributed by atoms with Crippen LogP contribution in [-0.4, -0.2) is 69.6 Å². The van der Waals surface area contributed by atoms with Gasteiger partial charge in [-0.1, -0.05) is 0 Å². The molecule has 0 radical (unpaired) electrons. The van der Waals surface area contributed by atoms with Crippen molar-refractivity contribution in [1.29, 1.82) is 0 Å². The van der Waals surface area contributed by atoms with Crippen molar-refractivity contribution in [2.45, 2.75) is 154 Å². The second-order valence-corrected chi connectivity index (χ2v) is 17.1. The molecule has 0 aromatic carbocycles. The van der Waals surface area contributed by atoms with Gasteiger partial charge in [0.2, 0.25) is 0 Å². The van der Waals surface area contributed by atoms with Crippen LogP contribution in [0.1, 0.15) is 105 Å². The fraction of sp³-hybridized carbons (Fsp3) is 0.750. The van der Waals surface area contributed by atoms with Gasteiger partial charge in [-0.05, 0) is 0 Å². The Morgan fingerprint density at radius 1 is 0.422 bits per heavy atom. The zero-order valence-electron chi connectivity index (χ0n) is 27.1. The van der Waals surface area contributed by atoms with Crippen LogP contribution in [0.3, 0.4) is 0 Å². The molecule has 0 aromatic rings. The Balaban J connectivity index is 1.45. The van der Waals surface area contributed by atoms with E-state index in [1.807, 2.05) is 24.3 Å². The third-order valence-corrected chi connectivity index (χ3v) is 14.4. The first-order chi connectivity index (χ1) is 21.9. The molecule has 4 aliphatic carbocycles. The molecule has 4 rings (SSSR count). The molecule has 0 N–H and O–H groups in total. The number of hydrogen-bond acceptors (Lipinski definition) is 12. The minimum absolute atomic E-state index is 0.185. The van der Waals surface area contributed by atoms with Gasteiger partial charge in [0.25, 0.3) is 0 Å². The summed E-state index contributed by atoms with van der Waals surface area (Å²) in [4.78, 5) is 45.2. The molecular weight excluding hydrogens is 695 g/mol. The number of hydrogen-bond donors (Lipinski definition) is 0. The molecule has 0 spiro atoms. The van der Waals surface area contributed by atoms with Gasteiger partial charge in [-0.3, -0.25) is 0 Å². The molecule has 0 aliphatic heterocycles. The molecule has 8 unspecified atom stereocenters. The van der Waals surface area contributed by atoms with Crippen molar-refractivity contribution in [3.63, 3.8) is 0 Å². The summed E-state index contributed by atoms with van der Waals surface area (Å²) in [6, 6.07) is 0. The van der Waals surface area contributed by atoms with Gasteiger partial charge in [0.05, 0.1) is 0 Å². The van der Waals surface area contributed by atoms with Crippen LogP contribution in [0.2, 0.25) is 0 Å². The molecule has 0 amide bonds. The molecule has 0 fully saturated rings. The van der Waals surface area contributed by atoms with Gasteiger partial charge in [0.1, 0.15) is 0 Å². The molecule has 0 saturated heterocycles. The van der Waals surface area contributed by atoms with E-state index in [1.165, 1.54) is 0 Å². The summed E-state index contributed by atoms with van der Waals surface area (Å²) in [6.45, 7) is 6.69. The molecule has 0 heterocycles. The van der Waals surface area contributed by atoms with Crippen molar-refractivity contribution in [2.24, 2.45) is 0 Å². The maximum absolute atomic E-state index is 6.34. The Morgan fingerprint density at radius 3 is 0.867 bits per heavy atom. The zero-order valence-corrected chi connectivity index (χ0v) is 30.0. The van der Waals surface area contributed by atoms with Gasteiger partial charge >= 0.3 is 274 Å². The van der Waals surface area contributed by atoms with Crippen LogP contribution in [0.4, 0.5) is 0 Å². The summed E-state index contributed by atoms with van der Waals surface area (Å²) in [6.07, 6.45) is 23.1. The summed E-state index contributed by atoms with van der Waals surface area (Å²) in [5, 5.41) is 0. The van der Waals surface area contributed by atoms with Crippen LogP contribution in [0, 0.1) is 0 Å². The van der Waals surface area contributed by atoms with E-state index < -0.39 is 45.2 Å². The first kappa shape index (κ1) is 37.1. The molecule has 8 atom stereocenters. The zero-order chi connectivity index (χ0) is 31.7. The Hall–Kier alpha value is -0.721.